The monoisotopic (exact) mass is 185 g/mol. The largest absolute Gasteiger partial charge is 0.401 e. The maximum absolute atomic E-state index is 5.51. The predicted octanol–water partition coefficient (Wildman–Crippen LogP) is 0.731. The van der Waals surface area contributed by atoms with Crippen LogP contribution in [0, 0.1) is 0 Å². The molecule has 0 aromatic heterocycles. The van der Waals surface area contributed by atoms with E-state index in [0.29, 0.717) is 6.04 Å². The number of likely N-dealkylation sites (N-methyl/N-ethyl adjacent to an activating group) is 2. The summed E-state index contributed by atoms with van der Waals surface area (Å²) in [4.78, 5) is 4.50. The van der Waals surface area contributed by atoms with Crippen molar-refractivity contribution in [3.05, 3.63) is 12.3 Å². The highest BCUT2D eigenvalue weighted by molar-refractivity contribution is 4.89. The average Bonchev–Trinajstić information content (AvgIpc) is 1.98. The molecule has 0 aliphatic heterocycles. The van der Waals surface area contributed by atoms with Gasteiger partial charge in [-0.25, -0.2) is 0 Å². The summed E-state index contributed by atoms with van der Waals surface area (Å²) in [5.74, 6) is 0. The topological polar surface area (TPSA) is 32.5 Å². The fraction of sp³-hybridized carbons (Fsp3) is 0.800. The van der Waals surface area contributed by atoms with Crippen LogP contribution < -0.4 is 5.73 Å². The normalized spacial score (nSPS) is 11.6. The molecule has 3 heteroatoms. The molecule has 0 fully saturated rings. The molecule has 2 N–H and O–H groups in total. The number of nitrogens with two attached hydrogens (primary N) is 1. The predicted molar refractivity (Wildman–Crippen MR) is 58.6 cm³/mol. The Hall–Kier alpha value is -0.540. The first-order chi connectivity index (χ1) is 5.93. The highest BCUT2D eigenvalue weighted by Gasteiger charge is 2.04. The fourth-order valence-corrected chi connectivity index (χ4v) is 1.01. The van der Waals surface area contributed by atoms with Gasteiger partial charge in [-0.3, -0.25) is 4.90 Å². The number of nitrogens with zero attached hydrogens (tertiary/aromatic N) is 2. The van der Waals surface area contributed by atoms with Gasteiger partial charge in [0, 0.05) is 31.4 Å². The van der Waals surface area contributed by atoms with Crippen LogP contribution >= 0.6 is 0 Å². The van der Waals surface area contributed by atoms with Crippen molar-refractivity contribution in [1.82, 2.24) is 9.80 Å². The third-order valence-corrected chi connectivity index (χ3v) is 2.19. The van der Waals surface area contributed by atoms with Crippen molar-refractivity contribution in [1.29, 1.82) is 0 Å². The van der Waals surface area contributed by atoms with Crippen LogP contribution in [0.25, 0.3) is 0 Å². The van der Waals surface area contributed by atoms with Crippen LogP contribution in [-0.2, 0) is 0 Å². The van der Waals surface area contributed by atoms with Crippen LogP contribution in [0.3, 0.4) is 0 Å². The lowest BCUT2D eigenvalue weighted by Gasteiger charge is -2.24. The molecule has 0 saturated carbocycles. The minimum atomic E-state index is 0.606. The molecule has 13 heavy (non-hydrogen) atoms. The van der Waals surface area contributed by atoms with Crippen LogP contribution in [0.4, 0.5) is 0 Å². The van der Waals surface area contributed by atoms with Crippen molar-refractivity contribution in [2.45, 2.75) is 19.9 Å². The van der Waals surface area contributed by atoms with E-state index in [-0.39, 0.29) is 0 Å². The molecule has 3 nitrogen and oxygen atoms in total. The van der Waals surface area contributed by atoms with Crippen molar-refractivity contribution >= 4 is 0 Å². The lowest BCUT2D eigenvalue weighted by molar-refractivity contribution is 0.231. The van der Waals surface area contributed by atoms with E-state index >= 15 is 0 Å². The van der Waals surface area contributed by atoms with Crippen molar-refractivity contribution in [2.24, 2.45) is 5.73 Å². The van der Waals surface area contributed by atoms with Gasteiger partial charge in [-0.05, 0) is 27.9 Å². The highest BCUT2D eigenvalue weighted by Crippen LogP contribution is 1.94. The van der Waals surface area contributed by atoms with Gasteiger partial charge in [0.1, 0.15) is 0 Å². The number of rotatable bonds is 6. The van der Waals surface area contributed by atoms with Crippen LogP contribution in [0.5, 0.6) is 0 Å². The zero-order valence-electron chi connectivity index (χ0n) is 9.38. The summed E-state index contributed by atoms with van der Waals surface area (Å²) in [5.41, 5.74) is 6.24. The quantitative estimate of drug-likeness (QED) is 0.662. The fourth-order valence-electron chi connectivity index (χ4n) is 1.01. The molecular formula is C10H23N3. The Labute approximate surface area is 82.2 Å². The van der Waals surface area contributed by atoms with Gasteiger partial charge in [0.25, 0.3) is 0 Å². The van der Waals surface area contributed by atoms with E-state index in [1.165, 1.54) is 0 Å². The Morgan fingerprint density at radius 3 is 2.23 bits per heavy atom. The Kier molecular flexibility index (Phi) is 5.75. The molecule has 78 valence electrons. The second kappa shape index (κ2) is 6.00. The third kappa shape index (κ3) is 6.61. The van der Waals surface area contributed by atoms with Crippen molar-refractivity contribution < 1.29 is 0 Å². The van der Waals surface area contributed by atoms with Gasteiger partial charge in [-0.15, -0.1) is 0 Å². The first-order valence-corrected chi connectivity index (χ1v) is 4.75. The second-order valence-electron chi connectivity index (χ2n) is 3.97. The van der Waals surface area contributed by atoms with Gasteiger partial charge in [0.15, 0.2) is 0 Å². The zero-order valence-corrected chi connectivity index (χ0v) is 9.38. The Morgan fingerprint density at radius 2 is 1.85 bits per heavy atom. The van der Waals surface area contributed by atoms with Gasteiger partial charge in [0.2, 0.25) is 0 Å². The molecule has 0 radical (unpaired) electrons. The standard InChI is InChI=1S/C10H23N3/c1-9(2)13(5)7-6-12(4)8-10(3)11/h9H,3,6-8,11H2,1-2,4-5H3. The van der Waals surface area contributed by atoms with Gasteiger partial charge < -0.3 is 10.6 Å². The smallest absolute Gasteiger partial charge is 0.0371 e. The van der Waals surface area contributed by atoms with Crippen LogP contribution in [-0.4, -0.2) is 49.6 Å². The van der Waals surface area contributed by atoms with E-state index in [4.69, 9.17) is 5.73 Å². The molecule has 0 aromatic carbocycles. The number of hydrogen-bond acceptors (Lipinski definition) is 3. The molecule has 0 atom stereocenters. The molecule has 0 unspecified atom stereocenters. The lowest BCUT2D eigenvalue weighted by Crippen LogP contribution is -2.35. The minimum Gasteiger partial charge on any atom is -0.401 e. The van der Waals surface area contributed by atoms with Crippen LogP contribution in [0.1, 0.15) is 13.8 Å². The summed E-state index contributed by atoms with van der Waals surface area (Å²) in [6, 6.07) is 0.606. The van der Waals surface area contributed by atoms with Crippen LogP contribution in [0.2, 0.25) is 0 Å². The first-order valence-electron chi connectivity index (χ1n) is 4.75. The van der Waals surface area contributed by atoms with Crippen molar-refractivity contribution in [3.63, 3.8) is 0 Å². The minimum absolute atomic E-state index is 0.606. The van der Waals surface area contributed by atoms with E-state index in [2.05, 4.69) is 44.3 Å². The summed E-state index contributed by atoms with van der Waals surface area (Å²) >= 11 is 0. The van der Waals surface area contributed by atoms with E-state index in [0.717, 1.165) is 25.3 Å². The summed E-state index contributed by atoms with van der Waals surface area (Å²) < 4.78 is 0. The zero-order chi connectivity index (χ0) is 10.4. The summed E-state index contributed by atoms with van der Waals surface area (Å²) in [6.45, 7) is 11.0. The molecule has 0 bridgehead atoms. The molecule has 0 spiro atoms. The summed E-state index contributed by atoms with van der Waals surface area (Å²) in [5, 5.41) is 0. The Morgan fingerprint density at radius 1 is 1.31 bits per heavy atom. The molecule has 0 aromatic rings. The second-order valence-corrected chi connectivity index (χ2v) is 3.97. The SMILES string of the molecule is C=C(N)CN(C)CCN(C)C(C)C. The lowest BCUT2D eigenvalue weighted by atomic mass is 10.3. The Bertz CT molecular complexity index is 154. The van der Waals surface area contributed by atoms with Gasteiger partial charge in [-0.1, -0.05) is 6.58 Å². The first kappa shape index (κ1) is 12.5. The number of hydrogen-bond donors (Lipinski definition) is 1. The molecule has 0 aliphatic rings. The highest BCUT2D eigenvalue weighted by atomic mass is 15.2. The average molecular weight is 185 g/mol. The van der Waals surface area contributed by atoms with Crippen molar-refractivity contribution in [3.8, 4) is 0 Å². The molecule has 0 saturated heterocycles. The Balaban J connectivity index is 3.57. The maximum Gasteiger partial charge on any atom is 0.0371 e. The van der Waals surface area contributed by atoms with Gasteiger partial charge >= 0.3 is 0 Å². The molecule has 0 aliphatic carbocycles. The summed E-state index contributed by atoms with van der Waals surface area (Å²) in [7, 11) is 4.20. The van der Waals surface area contributed by atoms with Gasteiger partial charge in [0.05, 0.1) is 0 Å². The maximum atomic E-state index is 5.51. The van der Waals surface area contributed by atoms with E-state index in [1.54, 1.807) is 0 Å². The van der Waals surface area contributed by atoms with E-state index in [9.17, 15) is 0 Å². The third-order valence-electron chi connectivity index (χ3n) is 2.19. The molecular weight excluding hydrogens is 162 g/mol. The van der Waals surface area contributed by atoms with Crippen LogP contribution in [0.15, 0.2) is 12.3 Å². The molecule has 0 amide bonds. The van der Waals surface area contributed by atoms with Crippen molar-refractivity contribution in [2.75, 3.05) is 33.7 Å². The molecule has 0 rings (SSSR count). The molecule has 0 heterocycles. The van der Waals surface area contributed by atoms with E-state index in [1.807, 2.05) is 0 Å². The van der Waals surface area contributed by atoms with Gasteiger partial charge in [-0.2, -0.15) is 0 Å². The summed E-state index contributed by atoms with van der Waals surface area (Å²) in [6.07, 6.45) is 0. The van der Waals surface area contributed by atoms with E-state index < -0.39 is 0 Å².